The second-order valence-electron chi connectivity index (χ2n) is 6.90. The van der Waals surface area contributed by atoms with E-state index in [1.807, 2.05) is 48.7 Å². The third kappa shape index (κ3) is 3.60. The average Bonchev–Trinajstić information content (AvgIpc) is 3.09. The summed E-state index contributed by atoms with van der Waals surface area (Å²) in [6, 6.07) is 19.2. The number of imidazole rings is 1. The van der Waals surface area contributed by atoms with Gasteiger partial charge in [-0.3, -0.25) is 9.20 Å². The van der Waals surface area contributed by atoms with Gasteiger partial charge in [-0.1, -0.05) is 73.8 Å². The largest absolute Gasteiger partial charge is 0.310 e. The highest BCUT2D eigenvalue weighted by Gasteiger charge is 2.15. The van der Waals surface area contributed by atoms with Gasteiger partial charge < -0.3 is 4.57 Å². The van der Waals surface area contributed by atoms with Crippen molar-refractivity contribution in [3.8, 4) is 22.5 Å². The van der Waals surface area contributed by atoms with Gasteiger partial charge in [0.2, 0.25) is 5.78 Å². The van der Waals surface area contributed by atoms with E-state index in [9.17, 15) is 4.79 Å². The Bertz CT molecular complexity index is 1140. The van der Waals surface area contributed by atoms with Crippen LogP contribution >= 0.6 is 11.6 Å². The highest BCUT2D eigenvalue weighted by Crippen LogP contribution is 2.25. The van der Waals surface area contributed by atoms with E-state index in [2.05, 4.69) is 23.6 Å². The molecule has 4 aromatic rings. The van der Waals surface area contributed by atoms with E-state index < -0.39 is 0 Å². The van der Waals surface area contributed by atoms with Gasteiger partial charge in [-0.05, 0) is 24.1 Å². The first-order valence-corrected chi connectivity index (χ1v) is 9.99. The Balaban J connectivity index is 1.90. The van der Waals surface area contributed by atoms with Crippen LogP contribution in [0, 0.1) is 0 Å². The lowest BCUT2D eigenvalue weighted by Crippen LogP contribution is -2.14. The number of fused-ring (bicyclic) bond motifs is 1. The van der Waals surface area contributed by atoms with Crippen molar-refractivity contribution in [1.82, 2.24) is 14.0 Å². The van der Waals surface area contributed by atoms with E-state index in [4.69, 9.17) is 16.6 Å². The van der Waals surface area contributed by atoms with Crippen molar-refractivity contribution in [3.05, 3.63) is 82.2 Å². The van der Waals surface area contributed by atoms with Crippen LogP contribution in [0.3, 0.4) is 0 Å². The summed E-state index contributed by atoms with van der Waals surface area (Å²) in [5.74, 6) is 0.674. The fourth-order valence-electron chi connectivity index (χ4n) is 3.44. The van der Waals surface area contributed by atoms with Gasteiger partial charge in [0.15, 0.2) is 0 Å². The number of benzene rings is 2. The van der Waals surface area contributed by atoms with Crippen molar-refractivity contribution in [1.29, 1.82) is 0 Å². The summed E-state index contributed by atoms with van der Waals surface area (Å²) in [5.41, 5.74) is 3.55. The van der Waals surface area contributed by atoms with Gasteiger partial charge >= 0.3 is 0 Å². The number of unbranched alkanes of at least 4 members (excludes halogenated alkanes) is 2. The monoisotopic (exact) mass is 391 g/mol. The highest BCUT2D eigenvalue weighted by molar-refractivity contribution is 6.30. The maximum atomic E-state index is 12.9. The molecule has 0 radical (unpaired) electrons. The lowest BCUT2D eigenvalue weighted by atomic mass is 10.1. The van der Waals surface area contributed by atoms with Crippen LogP contribution in [-0.2, 0) is 6.54 Å². The average molecular weight is 392 g/mol. The predicted molar refractivity (Wildman–Crippen MR) is 115 cm³/mol. The fourth-order valence-corrected chi connectivity index (χ4v) is 3.56. The van der Waals surface area contributed by atoms with Gasteiger partial charge in [0.1, 0.15) is 0 Å². The maximum absolute atomic E-state index is 12.9. The molecule has 0 amide bonds. The van der Waals surface area contributed by atoms with E-state index >= 15 is 0 Å². The van der Waals surface area contributed by atoms with Crippen LogP contribution in [0.25, 0.3) is 28.3 Å². The SMILES string of the molecule is CCCCCn1c(-c2ccccc2)cn2c(=O)cc(-c3ccc(Cl)cc3)nc12. The van der Waals surface area contributed by atoms with Crippen LogP contribution in [-0.4, -0.2) is 14.0 Å². The van der Waals surface area contributed by atoms with Gasteiger partial charge in [-0.15, -0.1) is 0 Å². The Morgan fingerprint density at radius 2 is 1.71 bits per heavy atom. The van der Waals surface area contributed by atoms with E-state index in [0.29, 0.717) is 16.5 Å². The first kappa shape index (κ1) is 18.5. The molecule has 0 saturated carbocycles. The summed E-state index contributed by atoms with van der Waals surface area (Å²) in [5, 5.41) is 0.663. The number of rotatable bonds is 6. The molecule has 0 saturated heterocycles. The summed E-state index contributed by atoms with van der Waals surface area (Å²) in [6.07, 6.45) is 5.22. The molecule has 0 atom stereocenters. The molecule has 2 heterocycles. The van der Waals surface area contributed by atoms with Gasteiger partial charge in [0.05, 0.1) is 11.4 Å². The summed E-state index contributed by atoms with van der Waals surface area (Å²) >= 11 is 6.00. The van der Waals surface area contributed by atoms with Crippen LogP contribution in [0.2, 0.25) is 5.02 Å². The Kier molecular flexibility index (Phi) is 5.31. The Hall–Kier alpha value is -2.85. The number of nitrogens with zero attached hydrogens (tertiary/aromatic N) is 3. The quantitative estimate of drug-likeness (QED) is 0.397. The summed E-state index contributed by atoms with van der Waals surface area (Å²) in [6.45, 7) is 3.01. The maximum Gasteiger partial charge on any atom is 0.259 e. The topological polar surface area (TPSA) is 39.3 Å². The third-order valence-electron chi connectivity index (χ3n) is 4.91. The zero-order valence-corrected chi connectivity index (χ0v) is 16.6. The summed E-state index contributed by atoms with van der Waals surface area (Å²) < 4.78 is 3.81. The third-order valence-corrected chi connectivity index (χ3v) is 5.16. The minimum Gasteiger partial charge on any atom is -0.310 e. The first-order valence-electron chi connectivity index (χ1n) is 9.61. The molecule has 0 fully saturated rings. The predicted octanol–water partition coefficient (Wildman–Crippen LogP) is 5.67. The molecule has 0 N–H and O–H groups in total. The molecule has 0 aliphatic rings. The van der Waals surface area contributed by atoms with Crippen LogP contribution in [0.4, 0.5) is 0 Å². The van der Waals surface area contributed by atoms with Gasteiger partial charge in [0.25, 0.3) is 5.56 Å². The first-order chi connectivity index (χ1) is 13.7. The number of halogens is 1. The lowest BCUT2D eigenvalue weighted by molar-refractivity contribution is 0.614. The normalized spacial score (nSPS) is 11.2. The molecule has 0 spiro atoms. The van der Waals surface area contributed by atoms with Crippen molar-refractivity contribution in [2.75, 3.05) is 0 Å². The van der Waals surface area contributed by atoms with Crippen LogP contribution in [0.15, 0.2) is 71.7 Å². The highest BCUT2D eigenvalue weighted by atomic mass is 35.5. The second kappa shape index (κ2) is 8.03. The molecule has 4 nitrogen and oxygen atoms in total. The molecule has 28 heavy (non-hydrogen) atoms. The molecule has 0 aliphatic heterocycles. The van der Waals surface area contributed by atoms with Crippen LogP contribution in [0.1, 0.15) is 26.2 Å². The van der Waals surface area contributed by atoms with Crippen molar-refractivity contribution in [2.24, 2.45) is 0 Å². The number of aromatic nitrogens is 3. The number of hydrogen-bond donors (Lipinski definition) is 0. The van der Waals surface area contributed by atoms with E-state index in [-0.39, 0.29) is 5.56 Å². The fraction of sp³-hybridized carbons (Fsp3) is 0.217. The van der Waals surface area contributed by atoms with Crippen LogP contribution < -0.4 is 5.56 Å². The van der Waals surface area contributed by atoms with E-state index in [0.717, 1.165) is 42.6 Å². The molecular formula is C23H22ClN3O. The summed E-state index contributed by atoms with van der Waals surface area (Å²) in [4.78, 5) is 17.7. The molecule has 0 aliphatic carbocycles. The minimum absolute atomic E-state index is 0.0821. The van der Waals surface area contributed by atoms with E-state index in [1.54, 1.807) is 10.5 Å². The smallest absolute Gasteiger partial charge is 0.259 e. The molecule has 0 unspecified atom stereocenters. The number of aryl methyl sites for hydroxylation is 1. The molecule has 4 rings (SSSR count). The lowest BCUT2D eigenvalue weighted by Gasteiger charge is -2.10. The van der Waals surface area contributed by atoms with Crippen molar-refractivity contribution >= 4 is 17.4 Å². The zero-order valence-electron chi connectivity index (χ0n) is 15.8. The second-order valence-corrected chi connectivity index (χ2v) is 7.33. The number of hydrogen-bond acceptors (Lipinski definition) is 2. The molecule has 2 aromatic heterocycles. The Labute approximate surface area is 169 Å². The van der Waals surface area contributed by atoms with Crippen molar-refractivity contribution in [3.63, 3.8) is 0 Å². The van der Waals surface area contributed by atoms with Gasteiger partial charge in [0, 0.05) is 29.4 Å². The molecule has 2 aromatic carbocycles. The van der Waals surface area contributed by atoms with Crippen molar-refractivity contribution in [2.45, 2.75) is 32.7 Å². The molecule has 142 valence electrons. The standard InChI is InChI=1S/C23H22ClN3O/c1-2-3-7-14-26-21(18-8-5-4-6-9-18)16-27-22(28)15-20(25-23(26)27)17-10-12-19(24)13-11-17/h4-6,8-13,15-16H,2-3,7,14H2,1H3. The Morgan fingerprint density at radius 3 is 2.43 bits per heavy atom. The molecule has 5 heteroatoms. The van der Waals surface area contributed by atoms with Crippen molar-refractivity contribution < 1.29 is 0 Å². The van der Waals surface area contributed by atoms with Crippen LogP contribution in [0.5, 0.6) is 0 Å². The van der Waals surface area contributed by atoms with E-state index in [1.165, 1.54) is 0 Å². The minimum atomic E-state index is -0.0821. The molecular weight excluding hydrogens is 370 g/mol. The van der Waals surface area contributed by atoms with Gasteiger partial charge in [-0.25, -0.2) is 4.98 Å². The summed E-state index contributed by atoms with van der Waals surface area (Å²) in [7, 11) is 0. The Morgan fingerprint density at radius 1 is 0.964 bits per heavy atom. The zero-order chi connectivity index (χ0) is 19.5. The van der Waals surface area contributed by atoms with Gasteiger partial charge in [-0.2, -0.15) is 0 Å². The molecule has 0 bridgehead atoms.